The van der Waals surface area contributed by atoms with E-state index in [0.717, 1.165) is 41.6 Å². The minimum atomic E-state index is -0.358. The van der Waals surface area contributed by atoms with Gasteiger partial charge in [0, 0.05) is 31.5 Å². The second-order valence-corrected chi connectivity index (χ2v) is 9.24. The van der Waals surface area contributed by atoms with Crippen LogP contribution in [0.25, 0.3) is 0 Å². The van der Waals surface area contributed by atoms with Crippen molar-refractivity contribution in [3.8, 4) is 0 Å². The van der Waals surface area contributed by atoms with Crippen molar-refractivity contribution in [2.24, 2.45) is 11.3 Å². The molecule has 0 bridgehead atoms. The number of carbonyl (C=O) groups excluding carboxylic acids is 1. The summed E-state index contributed by atoms with van der Waals surface area (Å²) in [6.07, 6.45) is 2.86. The lowest BCUT2D eigenvalue weighted by atomic mass is 9.94. The first-order valence-corrected chi connectivity index (χ1v) is 10.2. The number of halogens is 1. The number of hydrogen-bond donors (Lipinski definition) is 1. The molecule has 1 unspecified atom stereocenters. The molecule has 1 fully saturated rings. The van der Waals surface area contributed by atoms with Crippen molar-refractivity contribution in [2.75, 3.05) is 24.5 Å². The van der Waals surface area contributed by atoms with Crippen LogP contribution in [0.5, 0.6) is 0 Å². The molecule has 3 rings (SSSR count). The van der Waals surface area contributed by atoms with E-state index in [1.54, 1.807) is 23.5 Å². The first kappa shape index (κ1) is 19.7. The van der Waals surface area contributed by atoms with E-state index >= 15 is 0 Å². The van der Waals surface area contributed by atoms with Gasteiger partial charge in [-0.3, -0.25) is 4.79 Å². The van der Waals surface area contributed by atoms with Crippen LogP contribution in [0.3, 0.4) is 0 Å². The fourth-order valence-electron chi connectivity index (χ4n) is 3.13. The summed E-state index contributed by atoms with van der Waals surface area (Å²) in [6.45, 7) is 8.34. The van der Waals surface area contributed by atoms with Crippen LogP contribution in [0.2, 0.25) is 0 Å². The fraction of sp³-hybridized carbons (Fsp3) is 0.550. The zero-order chi connectivity index (χ0) is 19.4. The van der Waals surface area contributed by atoms with Crippen LogP contribution in [0, 0.1) is 17.2 Å². The van der Waals surface area contributed by atoms with Gasteiger partial charge in [-0.15, -0.1) is 10.2 Å². The van der Waals surface area contributed by atoms with Crippen LogP contribution in [-0.4, -0.2) is 35.7 Å². The van der Waals surface area contributed by atoms with Crippen molar-refractivity contribution in [3.63, 3.8) is 0 Å². The van der Waals surface area contributed by atoms with Gasteiger partial charge in [-0.25, -0.2) is 4.39 Å². The molecule has 2 heterocycles. The summed E-state index contributed by atoms with van der Waals surface area (Å²) in [5, 5.41) is 13.6. The van der Waals surface area contributed by atoms with Gasteiger partial charge in [0.1, 0.15) is 10.8 Å². The van der Waals surface area contributed by atoms with Crippen molar-refractivity contribution < 1.29 is 9.18 Å². The standard InChI is InChI=1S/C20H27FN4OS/c1-20(2,3)18(26)22-12-15-5-4-10-25(13-15)19-24-23-17(27-19)11-14-6-8-16(21)9-7-14/h6-9,15H,4-5,10-13H2,1-3H3,(H,22,26). The first-order chi connectivity index (χ1) is 12.8. The Labute approximate surface area is 164 Å². The lowest BCUT2D eigenvalue weighted by Crippen LogP contribution is -2.43. The Hall–Kier alpha value is -2.02. The number of nitrogens with zero attached hydrogens (tertiary/aromatic N) is 3. The summed E-state index contributed by atoms with van der Waals surface area (Å²) in [5.41, 5.74) is 0.670. The lowest BCUT2D eigenvalue weighted by Gasteiger charge is -2.32. The number of nitrogens with one attached hydrogen (secondary N) is 1. The van der Waals surface area contributed by atoms with Gasteiger partial charge < -0.3 is 10.2 Å². The van der Waals surface area contributed by atoms with Gasteiger partial charge in [0.15, 0.2) is 0 Å². The predicted octanol–water partition coefficient (Wildman–Crippen LogP) is 3.65. The maximum Gasteiger partial charge on any atom is 0.225 e. The monoisotopic (exact) mass is 390 g/mol. The third kappa shape index (κ3) is 5.48. The van der Waals surface area contributed by atoms with Gasteiger partial charge in [-0.05, 0) is 36.5 Å². The molecule has 27 heavy (non-hydrogen) atoms. The van der Waals surface area contributed by atoms with Crippen molar-refractivity contribution in [1.82, 2.24) is 15.5 Å². The van der Waals surface area contributed by atoms with Crippen LogP contribution in [0.1, 0.15) is 44.2 Å². The number of anilines is 1. The Bertz CT molecular complexity index is 769. The average molecular weight is 391 g/mol. The van der Waals surface area contributed by atoms with E-state index in [9.17, 15) is 9.18 Å². The number of amides is 1. The SMILES string of the molecule is CC(C)(C)C(=O)NCC1CCCN(c2nnc(Cc3ccc(F)cc3)s2)C1. The number of aromatic nitrogens is 2. The van der Waals surface area contributed by atoms with Crippen molar-refractivity contribution in [3.05, 3.63) is 40.7 Å². The van der Waals surface area contributed by atoms with E-state index in [1.165, 1.54) is 12.1 Å². The number of piperidine rings is 1. The molecule has 5 nitrogen and oxygen atoms in total. The Morgan fingerprint density at radius 1 is 1.30 bits per heavy atom. The molecule has 1 aliphatic rings. The Morgan fingerprint density at radius 2 is 2.04 bits per heavy atom. The minimum Gasteiger partial charge on any atom is -0.355 e. The molecule has 1 aromatic heterocycles. The average Bonchev–Trinajstić information content (AvgIpc) is 3.09. The van der Waals surface area contributed by atoms with Gasteiger partial charge in [0.05, 0.1) is 0 Å². The highest BCUT2D eigenvalue weighted by Crippen LogP contribution is 2.27. The van der Waals surface area contributed by atoms with E-state index in [-0.39, 0.29) is 17.1 Å². The van der Waals surface area contributed by atoms with E-state index < -0.39 is 0 Å². The molecule has 1 saturated heterocycles. The summed E-state index contributed by atoms with van der Waals surface area (Å²) in [4.78, 5) is 14.4. The Kier molecular flexibility index (Phi) is 6.09. The van der Waals surface area contributed by atoms with Gasteiger partial charge in [0.2, 0.25) is 11.0 Å². The Morgan fingerprint density at radius 3 is 2.74 bits per heavy atom. The van der Waals surface area contributed by atoms with Crippen molar-refractivity contribution >= 4 is 22.4 Å². The van der Waals surface area contributed by atoms with Crippen LogP contribution in [-0.2, 0) is 11.2 Å². The molecule has 1 amide bonds. The van der Waals surface area contributed by atoms with E-state index in [4.69, 9.17) is 0 Å². The first-order valence-electron chi connectivity index (χ1n) is 9.41. The smallest absolute Gasteiger partial charge is 0.225 e. The molecule has 1 N–H and O–H groups in total. The molecule has 0 aliphatic carbocycles. The van der Waals surface area contributed by atoms with Gasteiger partial charge >= 0.3 is 0 Å². The van der Waals surface area contributed by atoms with Crippen LogP contribution < -0.4 is 10.2 Å². The number of carbonyl (C=O) groups is 1. The molecule has 1 aliphatic heterocycles. The van der Waals surface area contributed by atoms with Crippen LogP contribution in [0.4, 0.5) is 9.52 Å². The summed E-state index contributed by atoms with van der Waals surface area (Å²) >= 11 is 1.59. The van der Waals surface area contributed by atoms with Crippen LogP contribution in [0.15, 0.2) is 24.3 Å². The molecule has 0 radical (unpaired) electrons. The zero-order valence-corrected chi connectivity index (χ0v) is 17.0. The number of benzene rings is 1. The normalized spacial score (nSPS) is 17.8. The molecular formula is C20H27FN4OS. The second kappa shape index (κ2) is 8.33. The summed E-state index contributed by atoms with van der Waals surface area (Å²) in [5.74, 6) is 0.293. The van der Waals surface area contributed by atoms with Gasteiger partial charge in [-0.2, -0.15) is 0 Å². The largest absolute Gasteiger partial charge is 0.355 e. The zero-order valence-electron chi connectivity index (χ0n) is 16.2. The van der Waals surface area contributed by atoms with E-state index in [1.807, 2.05) is 20.8 Å². The van der Waals surface area contributed by atoms with Gasteiger partial charge in [0.25, 0.3) is 0 Å². The molecule has 0 saturated carbocycles. The predicted molar refractivity (Wildman–Crippen MR) is 107 cm³/mol. The maximum absolute atomic E-state index is 13.0. The molecule has 146 valence electrons. The van der Waals surface area contributed by atoms with E-state index in [2.05, 4.69) is 20.4 Å². The topological polar surface area (TPSA) is 58.1 Å². The highest BCUT2D eigenvalue weighted by atomic mass is 32.1. The number of hydrogen-bond acceptors (Lipinski definition) is 5. The highest BCUT2D eigenvalue weighted by molar-refractivity contribution is 7.15. The van der Waals surface area contributed by atoms with Crippen LogP contribution >= 0.6 is 11.3 Å². The van der Waals surface area contributed by atoms with E-state index in [0.29, 0.717) is 18.9 Å². The Balaban J connectivity index is 1.56. The second-order valence-electron chi connectivity index (χ2n) is 8.20. The molecule has 1 aromatic carbocycles. The third-order valence-electron chi connectivity index (χ3n) is 4.75. The maximum atomic E-state index is 13.0. The van der Waals surface area contributed by atoms with Crippen molar-refractivity contribution in [2.45, 2.75) is 40.0 Å². The summed E-state index contributed by atoms with van der Waals surface area (Å²) < 4.78 is 13.0. The minimum absolute atomic E-state index is 0.0946. The molecule has 0 spiro atoms. The summed E-state index contributed by atoms with van der Waals surface area (Å²) in [7, 11) is 0. The molecule has 1 atom stereocenters. The summed E-state index contributed by atoms with van der Waals surface area (Å²) in [6, 6.07) is 6.51. The molecule has 7 heteroatoms. The fourth-order valence-corrected chi connectivity index (χ4v) is 4.04. The number of rotatable bonds is 5. The molecule has 2 aromatic rings. The van der Waals surface area contributed by atoms with Gasteiger partial charge in [-0.1, -0.05) is 44.2 Å². The third-order valence-corrected chi connectivity index (χ3v) is 5.73. The molecular weight excluding hydrogens is 363 g/mol. The lowest BCUT2D eigenvalue weighted by molar-refractivity contribution is -0.128. The quantitative estimate of drug-likeness (QED) is 0.847. The highest BCUT2D eigenvalue weighted by Gasteiger charge is 2.25. The van der Waals surface area contributed by atoms with Crippen molar-refractivity contribution in [1.29, 1.82) is 0 Å².